The van der Waals surface area contributed by atoms with Gasteiger partial charge >= 0.3 is 12.2 Å². The quantitative estimate of drug-likeness (QED) is 0.829. The van der Waals surface area contributed by atoms with Gasteiger partial charge in [0.1, 0.15) is 0 Å². The summed E-state index contributed by atoms with van der Waals surface area (Å²) in [5.41, 5.74) is 0. The van der Waals surface area contributed by atoms with Gasteiger partial charge in [0.25, 0.3) is 0 Å². The van der Waals surface area contributed by atoms with E-state index in [1.165, 1.54) is 4.90 Å². The van der Waals surface area contributed by atoms with Crippen molar-refractivity contribution in [2.45, 2.75) is 38.9 Å². The molecular formula is C12H20F3N3O2. The van der Waals surface area contributed by atoms with Crippen molar-refractivity contribution in [3.05, 3.63) is 0 Å². The number of piperidine rings is 1. The SMILES string of the molecule is CC(C)NC(=O)NC(=O)CN1CCCC(C(F)(F)F)C1. The van der Waals surface area contributed by atoms with E-state index in [1.807, 2.05) is 0 Å². The van der Waals surface area contributed by atoms with Crippen LogP contribution in [0.5, 0.6) is 0 Å². The van der Waals surface area contributed by atoms with Crippen LogP contribution in [-0.4, -0.2) is 48.7 Å². The number of imide groups is 1. The number of carbonyl (C=O) groups excluding carboxylic acids is 2. The lowest BCUT2D eigenvalue weighted by molar-refractivity contribution is -0.187. The summed E-state index contributed by atoms with van der Waals surface area (Å²) in [5.74, 6) is -1.99. The van der Waals surface area contributed by atoms with Gasteiger partial charge in [0.2, 0.25) is 5.91 Å². The fourth-order valence-corrected chi connectivity index (χ4v) is 2.13. The molecule has 0 spiro atoms. The lowest BCUT2D eigenvalue weighted by atomic mass is 9.97. The number of likely N-dealkylation sites (tertiary alicyclic amines) is 1. The minimum absolute atomic E-state index is 0.0927. The number of amides is 3. The van der Waals surface area contributed by atoms with Gasteiger partial charge in [0.05, 0.1) is 12.5 Å². The molecule has 1 rings (SSSR count). The molecule has 0 radical (unpaired) electrons. The first-order chi connectivity index (χ1) is 9.18. The topological polar surface area (TPSA) is 61.4 Å². The van der Waals surface area contributed by atoms with Crippen molar-refractivity contribution in [3.63, 3.8) is 0 Å². The maximum absolute atomic E-state index is 12.6. The monoisotopic (exact) mass is 295 g/mol. The molecule has 0 aromatic rings. The van der Waals surface area contributed by atoms with Gasteiger partial charge in [-0.05, 0) is 33.2 Å². The second-order valence-electron chi connectivity index (χ2n) is 5.29. The molecule has 1 saturated heterocycles. The number of hydrogen-bond donors (Lipinski definition) is 2. The molecule has 116 valence electrons. The number of carbonyl (C=O) groups is 2. The van der Waals surface area contributed by atoms with Crippen LogP contribution in [0.3, 0.4) is 0 Å². The van der Waals surface area contributed by atoms with Gasteiger partial charge in [0, 0.05) is 12.6 Å². The highest BCUT2D eigenvalue weighted by molar-refractivity contribution is 5.95. The third kappa shape index (κ3) is 5.77. The maximum Gasteiger partial charge on any atom is 0.393 e. The smallest absolute Gasteiger partial charge is 0.336 e. The van der Waals surface area contributed by atoms with Gasteiger partial charge < -0.3 is 5.32 Å². The molecule has 1 aliphatic heterocycles. The van der Waals surface area contributed by atoms with Crippen LogP contribution in [0.1, 0.15) is 26.7 Å². The zero-order valence-electron chi connectivity index (χ0n) is 11.6. The van der Waals surface area contributed by atoms with Gasteiger partial charge in [-0.3, -0.25) is 15.0 Å². The molecule has 1 unspecified atom stereocenters. The minimum Gasteiger partial charge on any atom is -0.336 e. The molecule has 2 N–H and O–H groups in total. The van der Waals surface area contributed by atoms with Crippen molar-refractivity contribution in [3.8, 4) is 0 Å². The van der Waals surface area contributed by atoms with Gasteiger partial charge in [0.15, 0.2) is 0 Å². The van der Waals surface area contributed by atoms with Crippen LogP contribution < -0.4 is 10.6 Å². The van der Waals surface area contributed by atoms with E-state index in [1.54, 1.807) is 13.8 Å². The van der Waals surface area contributed by atoms with Crippen LogP contribution in [0.4, 0.5) is 18.0 Å². The van der Waals surface area contributed by atoms with Crippen molar-refractivity contribution >= 4 is 11.9 Å². The van der Waals surface area contributed by atoms with E-state index in [0.29, 0.717) is 13.0 Å². The molecule has 8 heteroatoms. The Kier molecular flexibility index (Phi) is 5.79. The summed E-state index contributed by atoms with van der Waals surface area (Å²) >= 11 is 0. The van der Waals surface area contributed by atoms with E-state index in [2.05, 4.69) is 10.6 Å². The molecular weight excluding hydrogens is 275 g/mol. The number of alkyl halides is 3. The largest absolute Gasteiger partial charge is 0.393 e. The zero-order chi connectivity index (χ0) is 15.3. The first-order valence-electron chi connectivity index (χ1n) is 6.58. The highest BCUT2D eigenvalue weighted by atomic mass is 19.4. The minimum atomic E-state index is -4.23. The molecule has 20 heavy (non-hydrogen) atoms. The Morgan fingerprint density at radius 3 is 2.55 bits per heavy atom. The summed E-state index contributed by atoms with van der Waals surface area (Å²) in [6.07, 6.45) is -3.74. The molecule has 1 heterocycles. The summed E-state index contributed by atoms with van der Waals surface area (Å²) in [5, 5.41) is 4.57. The van der Waals surface area contributed by atoms with E-state index in [9.17, 15) is 22.8 Å². The molecule has 5 nitrogen and oxygen atoms in total. The summed E-state index contributed by atoms with van der Waals surface area (Å²) in [6.45, 7) is 3.53. The number of nitrogens with one attached hydrogen (secondary N) is 2. The van der Waals surface area contributed by atoms with Crippen molar-refractivity contribution < 1.29 is 22.8 Å². The summed E-state index contributed by atoms with van der Waals surface area (Å²) in [6, 6.07) is -0.748. The van der Waals surface area contributed by atoms with E-state index in [4.69, 9.17) is 0 Å². The molecule has 0 aromatic heterocycles. The zero-order valence-corrected chi connectivity index (χ0v) is 11.6. The van der Waals surface area contributed by atoms with Crippen molar-refractivity contribution in [1.82, 2.24) is 15.5 Å². The van der Waals surface area contributed by atoms with Crippen LogP contribution in [-0.2, 0) is 4.79 Å². The average Bonchev–Trinajstić information content (AvgIpc) is 2.26. The normalized spacial score (nSPS) is 20.8. The van der Waals surface area contributed by atoms with Crippen LogP contribution in [0.2, 0.25) is 0 Å². The Morgan fingerprint density at radius 2 is 2.00 bits per heavy atom. The van der Waals surface area contributed by atoms with E-state index < -0.39 is 24.0 Å². The first-order valence-corrected chi connectivity index (χ1v) is 6.58. The van der Waals surface area contributed by atoms with Crippen molar-refractivity contribution in [1.29, 1.82) is 0 Å². The van der Waals surface area contributed by atoms with Gasteiger partial charge in [-0.1, -0.05) is 0 Å². The lowest BCUT2D eigenvalue weighted by Crippen LogP contribution is -2.49. The van der Waals surface area contributed by atoms with Gasteiger partial charge in [-0.2, -0.15) is 13.2 Å². The van der Waals surface area contributed by atoms with Crippen molar-refractivity contribution in [2.24, 2.45) is 5.92 Å². The predicted molar refractivity (Wildman–Crippen MR) is 67.0 cm³/mol. The van der Waals surface area contributed by atoms with E-state index in [0.717, 1.165) is 0 Å². The van der Waals surface area contributed by atoms with Crippen LogP contribution in [0.25, 0.3) is 0 Å². The molecule has 0 aromatic carbocycles. The van der Waals surface area contributed by atoms with Crippen LogP contribution >= 0.6 is 0 Å². The number of halogens is 3. The molecule has 3 amide bonds. The standard InChI is InChI=1S/C12H20F3N3O2/c1-8(2)16-11(20)17-10(19)7-18-5-3-4-9(6-18)12(13,14)15/h8-9H,3-7H2,1-2H3,(H2,16,17,19,20). The molecule has 0 aliphatic carbocycles. The molecule has 1 atom stereocenters. The maximum atomic E-state index is 12.6. The molecule has 0 bridgehead atoms. The Hall–Kier alpha value is -1.31. The Balaban J connectivity index is 2.40. The fourth-order valence-electron chi connectivity index (χ4n) is 2.13. The third-order valence-corrected chi connectivity index (χ3v) is 3.01. The van der Waals surface area contributed by atoms with E-state index >= 15 is 0 Å². The summed E-state index contributed by atoms with van der Waals surface area (Å²) in [7, 11) is 0. The highest BCUT2D eigenvalue weighted by Crippen LogP contribution is 2.32. The Morgan fingerprint density at radius 1 is 1.35 bits per heavy atom. The molecule has 1 fully saturated rings. The number of nitrogens with zero attached hydrogens (tertiary/aromatic N) is 1. The second-order valence-corrected chi connectivity index (χ2v) is 5.29. The lowest BCUT2D eigenvalue weighted by Gasteiger charge is -2.33. The molecule has 0 saturated carbocycles. The van der Waals surface area contributed by atoms with Gasteiger partial charge in [-0.25, -0.2) is 4.79 Å². The predicted octanol–water partition coefficient (Wildman–Crippen LogP) is 1.49. The first kappa shape index (κ1) is 16.7. The van der Waals surface area contributed by atoms with Crippen LogP contribution in [0, 0.1) is 5.92 Å². The summed E-state index contributed by atoms with van der Waals surface area (Å²) in [4.78, 5) is 24.3. The number of hydrogen-bond acceptors (Lipinski definition) is 3. The third-order valence-electron chi connectivity index (χ3n) is 3.01. The highest BCUT2D eigenvalue weighted by Gasteiger charge is 2.41. The second kappa shape index (κ2) is 6.92. The molecule has 1 aliphatic rings. The average molecular weight is 295 g/mol. The van der Waals surface area contributed by atoms with Crippen molar-refractivity contribution in [2.75, 3.05) is 19.6 Å². The fraction of sp³-hybridized carbons (Fsp3) is 0.833. The number of urea groups is 1. The van der Waals surface area contributed by atoms with E-state index in [-0.39, 0.29) is 25.6 Å². The number of rotatable bonds is 3. The summed E-state index contributed by atoms with van der Waals surface area (Å²) < 4.78 is 37.8. The Labute approximate surface area is 115 Å². The Bertz CT molecular complexity index is 358. The van der Waals surface area contributed by atoms with Gasteiger partial charge in [-0.15, -0.1) is 0 Å². The van der Waals surface area contributed by atoms with Crippen LogP contribution in [0.15, 0.2) is 0 Å².